The molecule has 0 spiro atoms. The number of hydrogen-bond acceptors (Lipinski definition) is 2. The second-order valence-corrected chi connectivity index (χ2v) is 7.07. The Morgan fingerprint density at radius 2 is 2.04 bits per heavy atom. The van der Waals surface area contributed by atoms with E-state index in [-0.39, 0.29) is 11.9 Å². The number of amides is 2. The van der Waals surface area contributed by atoms with Gasteiger partial charge in [-0.1, -0.05) is 42.0 Å². The lowest BCUT2D eigenvalue weighted by atomic mass is 9.97. The summed E-state index contributed by atoms with van der Waals surface area (Å²) in [7, 11) is 0. The fourth-order valence-corrected chi connectivity index (χ4v) is 3.55. The van der Waals surface area contributed by atoms with E-state index < -0.39 is 0 Å². The molecule has 5 heteroatoms. The second-order valence-electron chi connectivity index (χ2n) is 7.07. The van der Waals surface area contributed by atoms with Crippen LogP contribution < -0.4 is 5.32 Å². The van der Waals surface area contributed by atoms with Gasteiger partial charge in [0.05, 0.1) is 11.0 Å². The van der Waals surface area contributed by atoms with Crippen molar-refractivity contribution in [1.82, 2.24) is 20.2 Å². The summed E-state index contributed by atoms with van der Waals surface area (Å²) in [4.78, 5) is 22.6. The number of carbonyl (C=O) groups is 1. The first kappa shape index (κ1) is 16.6. The highest BCUT2D eigenvalue weighted by Gasteiger charge is 2.26. The number of hydrogen-bond donors (Lipinski definition) is 2. The molecule has 2 aromatic carbocycles. The number of imidazole rings is 1. The van der Waals surface area contributed by atoms with Gasteiger partial charge in [-0.2, -0.15) is 0 Å². The minimum absolute atomic E-state index is 0.00591. The third kappa shape index (κ3) is 3.57. The third-order valence-corrected chi connectivity index (χ3v) is 5.07. The number of benzene rings is 2. The maximum atomic E-state index is 12.6. The van der Waals surface area contributed by atoms with Gasteiger partial charge in [0.2, 0.25) is 0 Å². The first-order chi connectivity index (χ1) is 12.7. The molecular weight excluding hydrogens is 324 g/mol. The zero-order valence-electron chi connectivity index (χ0n) is 15.0. The van der Waals surface area contributed by atoms with Crippen LogP contribution >= 0.6 is 0 Å². The number of aryl methyl sites for hydroxylation is 1. The second kappa shape index (κ2) is 7.20. The molecule has 1 aliphatic rings. The molecule has 134 valence electrons. The van der Waals surface area contributed by atoms with Crippen molar-refractivity contribution in [2.24, 2.45) is 0 Å². The Bertz CT molecular complexity index is 867. The lowest BCUT2D eigenvalue weighted by Crippen LogP contribution is -2.44. The van der Waals surface area contributed by atoms with Crippen LogP contribution in [0, 0.1) is 6.92 Å². The van der Waals surface area contributed by atoms with E-state index in [4.69, 9.17) is 4.98 Å². The molecule has 1 atom stereocenters. The van der Waals surface area contributed by atoms with Crippen molar-refractivity contribution >= 4 is 17.1 Å². The summed E-state index contributed by atoms with van der Waals surface area (Å²) >= 11 is 0. The molecule has 1 saturated heterocycles. The quantitative estimate of drug-likeness (QED) is 0.752. The Hall–Kier alpha value is -2.82. The van der Waals surface area contributed by atoms with Crippen molar-refractivity contribution in [3.05, 3.63) is 65.5 Å². The number of carbonyl (C=O) groups excluding carboxylic acids is 1. The van der Waals surface area contributed by atoms with Gasteiger partial charge in [0, 0.05) is 25.6 Å². The minimum Gasteiger partial charge on any atom is -0.342 e. The first-order valence-corrected chi connectivity index (χ1v) is 9.22. The zero-order valence-corrected chi connectivity index (χ0v) is 15.0. The normalized spacial score (nSPS) is 17.4. The van der Waals surface area contributed by atoms with Crippen LogP contribution in [0.25, 0.3) is 11.0 Å². The Morgan fingerprint density at radius 1 is 1.23 bits per heavy atom. The number of aromatic nitrogens is 2. The highest BCUT2D eigenvalue weighted by atomic mass is 16.2. The number of piperidine rings is 1. The molecule has 2 N–H and O–H groups in total. The summed E-state index contributed by atoms with van der Waals surface area (Å²) in [6.45, 7) is 4.13. The van der Waals surface area contributed by atoms with E-state index in [1.54, 1.807) is 0 Å². The highest BCUT2D eigenvalue weighted by Crippen LogP contribution is 2.26. The van der Waals surface area contributed by atoms with Crippen LogP contribution in [0.15, 0.2) is 48.5 Å². The van der Waals surface area contributed by atoms with Gasteiger partial charge >= 0.3 is 6.03 Å². The molecule has 1 aromatic heterocycles. The molecule has 0 bridgehead atoms. The molecule has 5 nitrogen and oxygen atoms in total. The van der Waals surface area contributed by atoms with Crippen molar-refractivity contribution in [3.8, 4) is 0 Å². The van der Waals surface area contributed by atoms with Gasteiger partial charge in [-0.05, 0) is 37.5 Å². The van der Waals surface area contributed by atoms with Gasteiger partial charge in [-0.15, -0.1) is 0 Å². The fourth-order valence-electron chi connectivity index (χ4n) is 3.55. The van der Waals surface area contributed by atoms with Gasteiger partial charge < -0.3 is 15.2 Å². The van der Waals surface area contributed by atoms with Gasteiger partial charge in [0.1, 0.15) is 5.82 Å². The van der Waals surface area contributed by atoms with E-state index in [0.717, 1.165) is 41.8 Å². The molecule has 26 heavy (non-hydrogen) atoms. The number of H-pyrrole nitrogens is 1. The van der Waals surface area contributed by atoms with Crippen LogP contribution in [0.1, 0.15) is 35.7 Å². The topological polar surface area (TPSA) is 61.0 Å². The van der Waals surface area contributed by atoms with Gasteiger partial charge in [-0.3, -0.25) is 0 Å². The highest BCUT2D eigenvalue weighted by molar-refractivity contribution is 5.75. The summed E-state index contributed by atoms with van der Waals surface area (Å²) in [6.07, 6.45) is 2.06. The van der Waals surface area contributed by atoms with E-state index in [1.807, 2.05) is 29.2 Å². The van der Waals surface area contributed by atoms with Crippen molar-refractivity contribution in [1.29, 1.82) is 0 Å². The Balaban J connectivity index is 1.39. The number of para-hydroxylation sites is 2. The third-order valence-electron chi connectivity index (χ3n) is 5.07. The molecule has 2 heterocycles. The standard InChI is InChI=1S/C21H24N4O/c1-15-8-10-16(11-9-15)13-22-21(26)25-12-4-5-17(14-25)20-23-18-6-2-3-7-19(18)24-20/h2-3,6-11,17H,4-5,12-14H2,1H3,(H,22,26)(H,23,24)/t17-/m1/s1. The minimum atomic E-state index is 0.00591. The van der Waals surface area contributed by atoms with Gasteiger partial charge in [0.25, 0.3) is 0 Å². The van der Waals surface area contributed by atoms with Crippen molar-refractivity contribution in [3.63, 3.8) is 0 Å². The average Bonchev–Trinajstić information content (AvgIpc) is 3.12. The Kier molecular flexibility index (Phi) is 4.61. The number of nitrogens with zero attached hydrogens (tertiary/aromatic N) is 2. The van der Waals surface area contributed by atoms with E-state index in [9.17, 15) is 4.79 Å². The molecular formula is C21H24N4O. The molecule has 0 aliphatic carbocycles. The molecule has 1 fully saturated rings. The predicted octanol–water partition coefficient (Wildman–Crippen LogP) is 3.96. The van der Waals surface area contributed by atoms with E-state index in [1.165, 1.54) is 5.56 Å². The molecule has 1 aliphatic heterocycles. The SMILES string of the molecule is Cc1ccc(CNC(=O)N2CCC[C@@H](c3nc4ccccc4[nH]3)C2)cc1. The van der Waals surface area contributed by atoms with Crippen LogP contribution in [0.5, 0.6) is 0 Å². The smallest absolute Gasteiger partial charge is 0.317 e. The predicted molar refractivity (Wildman–Crippen MR) is 103 cm³/mol. The summed E-state index contributed by atoms with van der Waals surface area (Å²) < 4.78 is 0. The van der Waals surface area contributed by atoms with Crippen LogP contribution in [0.2, 0.25) is 0 Å². The number of nitrogens with one attached hydrogen (secondary N) is 2. The van der Waals surface area contributed by atoms with Crippen LogP contribution in [0.3, 0.4) is 0 Å². The molecule has 3 aromatic rings. The van der Waals surface area contributed by atoms with Gasteiger partial charge in [0.15, 0.2) is 0 Å². The molecule has 0 saturated carbocycles. The van der Waals surface area contributed by atoms with E-state index in [0.29, 0.717) is 13.1 Å². The van der Waals surface area contributed by atoms with Crippen LogP contribution in [0.4, 0.5) is 4.79 Å². The largest absolute Gasteiger partial charge is 0.342 e. The summed E-state index contributed by atoms with van der Waals surface area (Å²) in [6, 6.07) is 16.3. The van der Waals surface area contributed by atoms with Gasteiger partial charge in [-0.25, -0.2) is 9.78 Å². The maximum absolute atomic E-state index is 12.6. The van der Waals surface area contributed by atoms with E-state index in [2.05, 4.69) is 41.5 Å². The number of fused-ring (bicyclic) bond motifs is 1. The van der Waals surface area contributed by atoms with Crippen LogP contribution in [-0.2, 0) is 6.54 Å². The first-order valence-electron chi connectivity index (χ1n) is 9.22. The average molecular weight is 348 g/mol. The summed E-state index contributed by atoms with van der Waals surface area (Å²) in [5.41, 5.74) is 4.39. The van der Waals surface area contributed by atoms with Crippen molar-refractivity contribution in [2.45, 2.75) is 32.2 Å². The zero-order chi connectivity index (χ0) is 17.9. The van der Waals surface area contributed by atoms with Crippen LogP contribution in [-0.4, -0.2) is 34.0 Å². The molecule has 4 rings (SSSR count). The number of urea groups is 1. The number of aromatic amines is 1. The Labute approximate surface area is 153 Å². The number of likely N-dealkylation sites (tertiary alicyclic amines) is 1. The molecule has 2 amide bonds. The summed E-state index contributed by atoms with van der Waals surface area (Å²) in [5, 5.41) is 3.04. The van der Waals surface area contributed by atoms with Crippen molar-refractivity contribution in [2.75, 3.05) is 13.1 Å². The number of rotatable bonds is 3. The van der Waals surface area contributed by atoms with E-state index >= 15 is 0 Å². The maximum Gasteiger partial charge on any atom is 0.317 e. The summed E-state index contributed by atoms with van der Waals surface area (Å²) in [5.74, 6) is 1.25. The Morgan fingerprint density at radius 3 is 2.85 bits per heavy atom. The fraction of sp³-hybridized carbons (Fsp3) is 0.333. The lowest BCUT2D eigenvalue weighted by molar-refractivity contribution is 0.178. The lowest BCUT2D eigenvalue weighted by Gasteiger charge is -2.31. The molecule has 0 radical (unpaired) electrons. The molecule has 0 unspecified atom stereocenters. The van der Waals surface area contributed by atoms with Crippen molar-refractivity contribution < 1.29 is 4.79 Å². The monoisotopic (exact) mass is 348 g/mol.